The van der Waals surface area contributed by atoms with Gasteiger partial charge in [-0.15, -0.1) is 11.3 Å². The first-order valence-electron chi connectivity index (χ1n) is 12.5. The van der Waals surface area contributed by atoms with E-state index in [0.29, 0.717) is 22.8 Å². The van der Waals surface area contributed by atoms with E-state index in [0.717, 1.165) is 10.5 Å². The molecule has 2 atom stereocenters. The van der Waals surface area contributed by atoms with E-state index in [1.165, 1.54) is 34.4 Å². The number of aliphatic carboxylic acids is 1. The van der Waals surface area contributed by atoms with Gasteiger partial charge in [0, 0.05) is 41.5 Å². The van der Waals surface area contributed by atoms with Gasteiger partial charge in [-0.3, -0.25) is 19.3 Å². The normalized spacial score (nSPS) is 20.7. The van der Waals surface area contributed by atoms with E-state index < -0.39 is 29.4 Å². The number of Topliss-reactive ketones (excluding diaryl/α,β-unsaturated/α-hetero) is 1. The molecule has 0 unspecified atom stereocenters. The Labute approximate surface area is 249 Å². The third-order valence-corrected chi connectivity index (χ3v) is 8.69. The van der Waals surface area contributed by atoms with Crippen LogP contribution >= 0.6 is 34.5 Å². The number of hydrogen-bond donors (Lipinski definition) is 1. The van der Waals surface area contributed by atoms with E-state index in [1.807, 2.05) is 4.90 Å². The number of rotatable bonds is 8. The van der Waals surface area contributed by atoms with Crippen molar-refractivity contribution in [1.82, 2.24) is 14.8 Å². The zero-order chi connectivity index (χ0) is 29.5. The summed E-state index contributed by atoms with van der Waals surface area (Å²) < 4.78 is 0. The van der Waals surface area contributed by atoms with Crippen molar-refractivity contribution in [2.24, 2.45) is 0 Å². The number of aromatic nitrogens is 1. The molecule has 2 fully saturated rings. The summed E-state index contributed by atoms with van der Waals surface area (Å²) in [6, 6.07) is 12.9. The molecule has 1 N–H and O–H groups in total. The maximum absolute atomic E-state index is 14.3. The third-order valence-electron chi connectivity index (χ3n) is 7.36. The van der Waals surface area contributed by atoms with Crippen LogP contribution in [0, 0.1) is 11.3 Å². The maximum Gasteiger partial charge on any atom is 0.332 e. The molecule has 2 aliphatic rings. The van der Waals surface area contributed by atoms with Gasteiger partial charge in [0.1, 0.15) is 10.5 Å². The molecule has 3 aromatic rings. The zero-order valence-corrected chi connectivity index (χ0v) is 24.0. The minimum atomic E-state index is -1.34. The SMILES string of the molecule is CN1C(=O)N(c2cc(Cl)cc(Cl)c2)C(=O)[C@]12CN(CC(=O)Cc1nc(CC(=O)O)cs1)C[C@H]2c1ccc(C#N)cc1. The minimum Gasteiger partial charge on any atom is -0.481 e. The predicted molar refractivity (Wildman–Crippen MR) is 152 cm³/mol. The number of likely N-dealkylation sites (tertiary alicyclic amines) is 1. The van der Waals surface area contributed by atoms with E-state index in [9.17, 15) is 24.4 Å². The number of carboxylic acids is 1. The molecule has 3 heterocycles. The molecule has 1 aromatic heterocycles. The fourth-order valence-electron chi connectivity index (χ4n) is 5.55. The lowest BCUT2D eigenvalue weighted by Gasteiger charge is -2.34. The maximum atomic E-state index is 14.3. The highest BCUT2D eigenvalue weighted by Crippen LogP contribution is 2.46. The van der Waals surface area contributed by atoms with Gasteiger partial charge in [0.2, 0.25) is 0 Å². The molecule has 0 aliphatic carbocycles. The van der Waals surface area contributed by atoms with Crippen molar-refractivity contribution in [3.05, 3.63) is 79.7 Å². The number of thiazole rings is 1. The van der Waals surface area contributed by atoms with E-state index in [1.54, 1.807) is 36.7 Å². The molecule has 0 saturated carbocycles. The molecule has 5 rings (SSSR count). The van der Waals surface area contributed by atoms with Crippen molar-refractivity contribution in [1.29, 1.82) is 5.26 Å². The first-order chi connectivity index (χ1) is 19.5. The van der Waals surface area contributed by atoms with Crippen LogP contribution in [0.25, 0.3) is 0 Å². The van der Waals surface area contributed by atoms with Gasteiger partial charge in [-0.05, 0) is 35.9 Å². The fraction of sp³-hybridized carbons (Fsp3) is 0.286. The lowest BCUT2D eigenvalue weighted by molar-refractivity contribution is -0.136. The van der Waals surface area contributed by atoms with E-state index >= 15 is 0 Å². The predicted octanol–water partition coefficient (Wildman–Crippen LogP) is 4.00. The van der Waals surface area contributed by atoms with Gasteiger partial charge >= 0.3 is 12.0 Å². The van der Waals surface area contributed by atoms with Gasteiger partial charge in [0.15, 0.2) is 5.78 Å². The number of urea groups is 1. The molecule has 2 aliphatic heterocycles. The molecule has 2 aromatic carbocycles. The Morgan fingerprint density at radius 1 is 1.15 bits per heavy atom. The van der Waals surface area contributed by atoms with Crippen LogP contribution in [0.2, 0.25) is 10.0 Å². The lowest BCUT2D eigenvalue weighted by Crippen LogP contribution is -2.53. The van der Waals surface area contributed by atoms with Crippen LogP contribution in [0.4, 0.5) is 10.5 Å². The number of amides is 3. The van der Waals surface area contributed by atoms with E-state index in [-0.39, 0.29) is 47.4 Å². The Hall–Kier alpha value is -3.82. The van der Waals surface area contributed by atoms with Crippen molar-refractivity contribution < 1.29 is 24.3 Å². The second-order valence-corrected chi connectivity index (χ2v) is 11.8. The Bertz CT molecular complexity index is 1580. The van der Waals surface area contributed by atoms with Crippen LogP contribution in [0.3, 0.4) is 0 Å². The van der Waals surface area contributed by atoms with Crippen LogP contribution in [0.1, 0.15) is 27.7 Å². The average Bonchev–Trinajstić information content (AvgIpc) is 3.56. The van der Waals surface area contributed by atoms with Crippen LogP contribution < -0.4 is 4.90 Å². The summed E-state index contributed by atoms with van der Waals surface area (Å²) in [5, 5.41) is 20.9. The minimum absolute atomic E-state index is 0.000671. The molecule has 13 heteroatoms. The quantitative estimate of drug-likeness (QED) is 0.378. The highest BCUT2D eigenvalue weighted by atomic mass is 35.5. The zero-order valence-electron chi connectivity index (χ0n) is 21.7. The molecule has 210 valence electrons. The number of halogens is 2. The molecule has 0 radical (unpaired) electrons. The number of carboxylic acid groups (broad SMARTS) is 1. The molecule has 1 spiro atoms. The molecular formula is C28H23Cl2N5O5S. The fourth-order valence-corrected chi connectivity index (χ4v) is 6.89. The summed E-state index contributed by atoms with van der Waals surface area (Å²) in [4.78, 5) is 60.5. The van der Waals surface area contributed by atoms with Gasteiger partial charge in [-0.1, -0.05) is 35.3 Å². The van der Waals surface area contributed by atoms with Gasteiger partial charge in [-0.25, -0.2) is 14.7 Å². The van der Waals surface area contributed by atoms with Gasteiger partial charge in [0.05, 0.1) is 42.4 Å². The molecule has 10 nitrogen and oxygen atoms in total. The summed E-state index contributed by atoms with van der Waals surface area (Å²) in [6.07, 6.45) is -0.201. The standard InChI is InChI=1S/C28H23Cl2N5O5S/c1-33-27(40)35(21-7-18(29)6-19(30)8-21)26(39)28(33)15-34(13-23(28)17-4-2-16(11-31)3-5-17)12-22(36)10-24-32-20(14-41-24)9-25(37)38/h2-8,14,23H,9-10,12-13,15H2,1H3,(H,37,38)/t23-,28+/m0/s1. The van der Waals surface area contributed by atoms with Crippen molar-refractivity contribution in [2.45, 2.75) is 24.3 Å². The summed E-state index contributed by atoms with van der Waals surface area (Å²) in [6.45, 7) is 0.394. The second-order valence-electron chi connectivity index (χ2n) is 10.0. The molecule has 2 saturated heterocycles. The number of benzene rings is 2. The first-order valence-corrected chi connectivity index (χ1v) is 14.1. The van der Waals surface area contributed by atoms with Crippen LogP contribution in [0.15, 0.2) is 47.8 Å². The van der Waals surface area contributed by atoms with E-state index in [2.05, 4.69) is 11.1 Å². The number of hydrogen-bond acceptors (Lipinski definition) is 8. The number of ketones is 1. The molecule has 0 bridgehead atoms. The summed E-state index contributed by atoms with van der Waals surface area (Å²) in [7, 11) is 1.56. The van der Waals surface area contributed by atoms with E-state index in [4.69, 9.17) is 28.3 Å². The number of nitrogens with zero attached hydrogens (tertiary/aromatic N) is 5. The molecule has 41 heavy (non-hydrogen) atoms. The van der Waals surface area contributed by atoms with Crippen LogP contribution in [0.5, 0.6) is 0 Å². The smallest absolute Gasteiger partial charge is 0.332 e. The van der Waals surface area contributed by atoms with Gasteiger partial charge in [-0.2, -0.15) is 5.26 Å². The highest BCUT2D eigenvalue weighted by molar-refractivity contribution is 7.09. The Morgan fingerprint density at radius 3 is 2.46 bits per heavy atom. The molecular weight excluding hydrogens is 589 g/mol. The van der Waals surface area contributed by atoms with Crippen LogP contribution in [-0.2, 0) is 27.2 Å². The number of anilines is 1. The molecule has 3 amide bonds. The first kappa shape index (κ1) is 28.7. The van der Waals surface area contributed by atoms with Gasteiger partial charge in [0.25, 0.3) is 5.91 Å². The second kappa shape index (κ2) is 11.2. The monoisotopic (exact) mass is 611 g/mol. The van der Waals surface area contributed by atoms with Crippen LogP contribution in [-0.4, -0.2) is 75.8 Å². The van der Waals surface area contributed by atoms with Crippen molar-refractivity contribution in [3.63, 3.8) is 0 Å². The summed E-state index contributed by atoms with van der Waals surface area (Å²) in [5.74, 6) is -2.13. The van der Waals surface area contributed by atoms with Crippen molar-refractivity contribution >= 4 is 63.9 Å². The van der Waals surface area contributed by atoms with Gasteiger partial charge < -0.3 is 10.0 Å². The van der Waals surface area contributed by atoms with Crippen molar-refractivity contribution in [3.8, 4) is 6.07 Å². The Balaban J connectivity index is 1.45. The Morgan fingerprint density at radius 2 is 1.83 bits per heavy atom. The number of likely N-dealkylation sites (N-methyl/N-ethyl adjacent to an activating group) is 1. The number of nitriles is 1. The number of carbonyl (C=O) groups excluding carboxylic acids is 3. The summed E-state index contributed by atoms with van der Waals surface area (Å²) >= 11 is 13.6. The average molecular weight is 612 g/mol. The number of imide groups is 1. The lowest BCUT2D eigenvalue weighted by atomic mass is 9.80. The summed E-state index contributed by atoms with van der Waals surface area (Å²) in [5.41, 5.74) is 0.502. The third kappa shape index (κ3) is 5.44. The number of carbonyl (C=O) groups is 4. The topological polar surface area (TPSA) is 135 Å². The Kier molecular flexibility index (Phi) is 7.85. The largest absolute Gasteiger partial charge is 0.481 e. The highest BCUT2D eigenvalue weighted by Gasteiger charge is 2.64. The van der Waals surface area contributed by atoms with Crippen molar-refractivity contribution in [2.75, 3.05) is 31.6 Å².